The molecule has 0 radical (unpaired) electrons. The van der Waals surface area contributed by atoms with E-state index in [-0.39, 0.29) is 5.78 Å². The number of Topliss-reactive ketones (excluding diaryl/α,β-unsaturated/α-hetero) is 1. The van der Waals surface area contributed by atoms with Crippen molar-refractivity contribution in [1.82, 2.24) is 0 Å². The van der Waals surface area contributed by atoms with Gasteiger partial charge < -0.3 is 4.90 Å². The molecule has 0 aromatic heterocycles. The van der Waals surface area contributed by atoms with Crippen LogP contribution in [0.1, 0.15) is 80.9 Å². The molecule has 206 valence electrons. The number of fused-ring (bicyclic) bond motifs is 2. The van der Waals surface area contributed by atoms with Crippen LogP contribution in [0.25, 0.3) is 6.08 Å². The maximum atomic E-state index is 11.3. The van der Waals surface area contributed by atoms with Crippen molar-refractivity contribution in [3.8, 4) is 0 Å². The van der Waals surface area contributed by atoms with E-state index in [2.05, 4.69) is 75.9 Å². The smallest absolute Gasteiger partial charge is 0.161 e. The Kier molecular flexibility index (Phi) is 13.8. The summed E-state index contributed by atoms with van der Waals surface area (Å²) >= 11 is 0. The SMILES string of the molecule is C/C=C\N(C)c1ccccc1C(C)=O.C=C/C=C\c1cc(CC)ccc1CC.CC1CC2=CC=CC=C(C2)C1. The predicted octanol–water partition coefficient (Wildman–Crippen LogP) is 10.1. The summed E-state index contributed by atoms with van der Waals surface area (Å²) in [5, 5.41) is 0. The Morgan fingerprint density at radius 2 is 1.69 bits per heavy atom. The Bertz CT molecular complexity index is 1210. The molecule has 2 bridgehead atoms. The Morgan fingerprint density at radius 1 is 1.03 bits per heavy atom. The molecule has 0 unspecified atom stereocenters. The predicted molar refractivity (Wildman–Crippen MR) is 172 cm³/mol. The maximum absolute atomic E-state index is 11.3. The molecule has 2 aromatic carbocycles. The number of allylic oxidation sites excluding steroid dienone is 9. The second-order valence-corrected chi connectivity index (χ2v) is 10.2. The first-order chi connectivity index (χ1) is 18.8. The molecule has 2 nitrogen and oxygen atoms in total. The van der Waals surface area contributed by atoms with Crippen LogP contribution < -0.4 is 4.90 Å². The molecular formula is C37H47NO. The number of carbonyl (C=O) groups is 1. The first-order valence-corrected chi connectivity index (χ1v) is 14.2. The lowest BCUT2D eigenvalue weighted by Crippen LogP contribution is -2.11. The van der Waals surface area contributed by atoms with Gasteiger partial charge in [0.1, 0.15) is 0 Å². The molecule has 0 heterocycles. The molecule has 1 fully saturated rings. The summed E-state index contributed by atoms with van der Waals surface area (Å²) < 4.78 is 0. The molecule has 0 saturated heterocycles. The largest absolute Gasteiger partial charge is 0.351 e. The number of benzene rings is 2. The van der Waals surface area contributed by atoms with E-state index in [1.807, 2.05) is 67.6 Å². The van der Waals surface area contributed by atoms with Gasteiger partial charge in [0.15, 0.2) is 5.78 Å². The quantitative estimate of drug-likeness (QED) is 0.267. The summed E-state index contributed by atoms with van der Waals surface area (Å²) in [4.78, 5) is 13.3. The van der Waals surface area contributed by atoms with Crippen molar-refractivity contribution in [3.05, 3.63) is 131 Å². The van der Waals surface area contributed by atoms with Gasteiger partial charge >= 0.3 is 0 Å². The minimum absolute atomic E-state index is 0.0944. The molecule has 2 aliphatic rings. The van der Waals surface area contributed by atoms with E-state index >= 15 is 0 Å². The fourth-order valence-corrected chi connectivity index (χ4v) is 4.94. The van der Waals surface area contributed by atoms with E-state index in [0.717, 1.165) is 30.0 Å². The van der Waals surface area contributed by atoms with Gasteiger partial charge in [-0.15, -0.1) is 0 Å². The Morgan fingerprint density at radius 3 is 2.26 bits per heavy atom. The highest BCUT2D eigenvalue weighted by Gasteiger charge is 2.16. The van der Waals surface area contributed by atoms with Gasteiger partial charge in [-0.05, 0) is 86.9 Å². The van der Waals surface area contributed by atoms with Crippen LogP contribution in [0.5, 0.6) is 0 Å². The number of hydrogen-bond acceptors (Lipinski definition) is 2. The van der Waals surface area contributed by atoms with Gasteiger partial charge in [0.2, 0.25) is 0 Å². The van der Waals surface area contributed by atoms with E-state index in [1.165, 1.54) is 36.0 Å². The van der Waals surface area contributed by atoms with Gasteiger partial charge in [0.05, 0.1) is 5.69 Å². The number of nitrogens with zero attached hydrogens (tertiary/aromatic N) is 1. The van der Waals surface area contributed by atoms with Crippen molar-refractivity contribution in [2.24, 2.45) is 5.92 Å². The first kappa shape index (κ1) is 31.6. The van der Waals surface area contributed by atoms with Gasteiger partial charge in [-0.1, -0.05) is 117 Å². The second-order valence-electron chi connectivity index (χ2n) is 10.2. The van der Waals surface area contributed by atoms with Crippen LogP contribution >= 0.6 is 0 Å². The summed E-state index contributed by atoms with van der Waals surface area (Å²) in [6.07, 6.45) is 24.7. The van der Waals surface area contributed by atoms with Gasteiger partial charge in [-0.3, -0.25) is 4.79 Å². The standard InChI is InChI=1S/C14H18.C12H15NO.C11H14/c1-4-7-8-14-11-12(5-2)9-10-13(14)6-3;1-4-9-13(3)12-8-6-5-7-11(12)10(2)14;1-9-6-10-4-2-3-5-11(7-9)8-10/h4,7-11H,1,5-6H2,2-3H3;4-9H,1-3H3;2-5,9H,6-8H2,1H3/b8-7-;9-4-;. The van der Waals surface area contributed by atoms with Crippen molar-refractivity contribution in [2.45, 2.75) is 66.7 Å². The Hall–Kier alpha value is -3.65. The summed E-state index contributed by atoms with van der Waals surface area (Å²) in [5.41, 5.74) is 9.05. The number of para-hydroxylation sites is 1. The zero-order valence-corrected chi connectivity index (χ0v) is 24.9. The topological polar surface area (TPSA) is 20.3 Å². The van der Waals surface area contributed by atoms with Crippen LogP contribution in [0.4, 0.5) is 5.69 Å². The molecule has 0 spiro atoms. The molecule has 2 aromatic rings. The Labute approximate surface area is 237 Å². The lowest BCUT2D eigenvalue weighted by Gasteiger charge is -2.22. The molecule has 0 atom stereocenters. The lowest BCUT2D eigenvalue weighted by molar-refractivity contribution is 0.101. The van der Waals surface area contributed by atoms with Crippen molar-refractivity contribution in [1.29, 1.82) is 0 Å². The van der Waals surface area contributed by atoms with Gasteiger partial charge in [0.25, 0.3) is 0 Å². The number of rotatable bonds is 7. The van der Waals surface area contributed by atoms with E-state index in [4.69, 9.17) is 0 Å². The molecule has 2 heteroatoms. The fraction of sp³-hybridized carbons (Fsp3) is 0.324. The fourth-order valence-electron chi connectivity index (χ4n) is 4.94. The maximum Gasteiger partial charge on any atom is 0.161 e. The number of aryl methyl sites for hydroxylation is 2. The third kappa shape index (κ3) is 10.6. The van der Waals surface area contributed by atoms with E-state index in [1.54, 1.807) is 18.1 Å². The van der Waals surface area contributed by atoms with Crippen molar-refractivity contribution < 1.29 is 4.79 Å². The normalized spacial score (nSPS) is 14.4. The first-order valence-electron chi connectivity index (χ1n) is 14.2. The minimum atomic E-state index is 0.0944. The van der Waals surface area contributed by atoms with Crippen LogP contribution in [0.15, 0.2) is 109 Å². The average molecular weight is 522 g/mol. The number of anilines is 1. The van der Waals surface area contributed by atoms with Crippen LogP contribution in [0.3, 0.4) is 0 Å². The molecule has 0 aliphatic heterocycles. The molecule has 0 N–H and O–H groups in total. The minimum Gasteiger partial charge on any atom is -0.351 e. The van der Waals surface area contributed by atoms with E-state index < -0.39 is 0 Å². The number of ketones is 1. The molecule has 2 aliphatic carbocycles. The van der Waals surface area contributed by atoms with E-state index in [9.17, 15) is 4.79 Å². The number of carbonyl (C=O) groups excluding carboxylic acids is 1. The van der Waals surface area contributed by atoms with Crippen molar-refractivity contribution >= 4 is 17.5 Å². The zero-order chi connectivity index (χ0) is 28.6. The lowest BCUT2D eigenvalue weighted by atomic mass is 9.83. The zero-order valence-electron chi connectivity index (χ0n) is 24.9. The molecular weight excluding hydrogens is 474 g/mol. The summed E-state index contributed by atoms with van der Waals surface area (Å²) in [7, 11) is 1.93. The van der Waals surface area contributed by atoms with Crippen molar-refractivity contribution in [2.75, 3.05) is 11.9 Å². The van der Waals surface area contributed by atoms with Gasteiger partial charge in [0, 0.05) is 12.6 Å². The van der Waals surface area contributed by atoms with Crippen molar-refractivity contribution in [3.63, 3.8) is 0 Å². The highest BCUT2D eigenvalue weighted by Crippen LogP contribution is 2.33. The average Bonchev–Trinajstić information content (AvgIpc) is 3.11. The third-order valence-corrected chi connectivity index (χ3v) is 6.90. The summed E-state index contributed by atoms with van der Waals surface area (Å²) in [6, 6.07) is 14.3. The highest BCUT2D eigenvalue weighted by atomic mass is 16.1. The van der Waals surface area contributed by atoms with Crippen LogP contribution in [0, 0.1) is 5.92 Å². The molecule has 0 amide bonds. The van der Waals surface area contributed by atoms with Crippen LogP contribution in [-0.2, 0) is 12.8 Å². The molecule has 39 heavy (non-hydrogen) atoms. The molecule has 4 rings (SSSR count). The van der Waals surface area contributed by atoms with Gasteiger partial charge in [-0.2, -0.15) is 0 Å². The Balaban J connectivity index is 0.000000206. The highest BCUT2D eigenvalue weighted by molar-refractivity contribution is 5.99. The summed E-state index contributed by atoms with van der Waals surface area (Å²) in [5.74, 6) is 0.957. The molecule has 1 saturated carbocycles. The van der Waals surface area contributed by atoms with Crippen LogP contribution in [0.2, 0.25) is 0 Å². The summed E-state index contributed by atoms with van der Waals surface area (Å²) in [6.45, 7) is 13.9. The second kappa shape index (κ2) is 17.0. The van der Waals surface area contributed by atoms with Crippen LogP contribution in [-0.4, -0.2) is 12.8 Å². The number of hydrogen-bond donors (Lipinski definition) is 0. The van der Waals surface area contributed by atoms with Gasteiger partial charge in [-0.25, -0.2) is 0 Å². The van der Waals surface area contributed by atoms with E-state index in [0.29, 0.717) is 0 Å². The third-order valence-electron chi connectivity index (χ3n) is 6.90. The monoisotopic (exact) mass is 521 g/mol.